The molecule has 4 heteroatoms. The minimum atomic E-state index is 0. The second kappa shape index (κ2) is 4.49. The average Bonchev–Trinajstić information content (AvgIpc) is 2.52. The average molecular weight is 266 g/mol. The van der Waals surface area contributed by atoms with Gasteiger partial charge in [-0.1, -0.05) is 12.6 Å². The molecule has 1 radical (unpaired) electrons. The van der Waals surface area contributed by atoms with Crippen LogP contribution in [0.25, 0.3) is 10.2 Å². The first-order valence-electron chi connectivity index (χ1n) is 3.87. The smallest absolute Gasteiger partial charge is 0.124 e. The molecule has 65 valence electrons. The van der Waals surface area contributed by atoms with Crippen LogP contribution in [0.4, 0.5) is 0 Å². The molecule has 0 atom stereocenters. The number of hydrogen-bond donors (Lipinski definition) is 0. The van der Waals surface area contributed by atoms with Gasteiger partial charge in [-0.15, -0.1) is 22.8 Å². The second-order valence-electron chi connectivity index (χ2n) is 2.58. The fraction of sp³-hybridized carbons (Fsp3) is 0.222. The third kappa shape index (κ3) is 2.09. The Morgan fingerprint density at radius 3 is 2.92 bits per heavy atom. The molecule has 0 spiro atoms. The van der Waals surface area contributed by atoms with Gasteiger partial charge in [0.1, 0.15) is 5.82 Å². The van der Waals surface area contributed by atoms with Crippen molar-refractivity contribution in [1.82, 2.24) is 9.97 Å². The fourth-order valence-corrected chi connectivity index (χ4v) is 1.93. The number of thiophene rings is 1. The molecule has 2 rings (SSSR count). The molecule has 2 heterocycles. The molecule has 2 nitrogen and oxygen atoms in total. The molecular formula is C9H9N2SY-. The van der Waals surface area contributed by atoms with Crippen LogP contribution in [0.2, 0.25) is 0 Å². The van der Waals surface area contributed by atoms with Gasteiger partial charge in [0.25, 0.3) is 0 Å². The van der Waals surface area contributed by atoms with E-state index in [-0.39, 0.29) is 32.7 Å². The molecule has 0 aliphatic carbocycles. The molecule has 0 saturated heterocycles. The summed E-state index contributed by atoms with van der Waals surface area (Å²) in [6.45, 7) is 5.93. The second-order valence-corrected chi connectivity index (χ2v) is 3.47. The molecule has 0 fully saturated rings. The van der Waals surface area contributed by atoms with Crippen molar-refractivity contribution >= 4 is 21.6 Å². The first-order valence-corrected chi connectivity index (χ1v) is 4.75. The van der Waals surface area contributed by atoms with E-state index in [2.05, 4.69) is 16.9 Å². The van der Waals surface area contributed by atoms with E-state index in [4.69, 9.17) is 0 Å². The van der Waals surface area contributed by atoms with Crippen LogP contribution in [-0.4, -0.2) is 9.97 Å². The van der Waals surface area contributed by atoms with E-state index in [0.717, 1.165) is 28.2 Å². The summed E-state index contributed by atoms with van der Waals surface area (Å²) in [6.07, 6.45) is 0.871. The fourth-order valence-electron chi connectivity index (χ4n) is 1.12. The number of hydrogen-bond acceptors (Lipinski definition) is 3. The summed E-state index contributed by atoms with van der Waals surface area (Å²) in [5.74, 6) is 0.884. The summed E-state index contributed by atoms with van der Waals surface area (Å²) in [7, 11) is 0. The number of nitrogens with zero attached hydrogens (tertiary/aromatic N) is 2. The van der Waals surface area contributed by atoms with Crippen LogP contribution in [0.15, 0.2) is 11.4 Å². The van der Waals surface area contributed by atoms with Gasteiger partial charge >= 0.3 is 0 Å². The standard InChI is InChI=1S/C9H9N2S.Y/c1-3-8-10-6(2)7-4-5-12-9(7)11-8;/h4-5H,2-3H2,1H3;/q-1;. The van der Waals surface area contributed by atoms with E-state index < -0.39 is 0 Å². The zero-order chi connectivity index (χ0) is 8.55. The van der Waals surface area contributed by atoms with Crippen LogP contribution >= 0.6 is 11.3 Å². The van der Waals surface area contributed by atoms with Crippen molar-refractivity contribution in [2.24, 2.45) is 0 Å². The molecule has 2 aromatic heterocycles. The summed E-state index contributed by atoms with van der Waals surface area (Å²) in [6, 6.07) is 2.02. The van der Waals surface area contributed by atoms with Crippen molar-refractivity contribution in [1.29, 1.82) is 0 Å². The quantitative estimate of drug-likeness (QED) is 0.741. The Kier molecular flexibility index (Phi) is 3.83. The zero-order valence-corrected chi connectivity index (χ0v) is 11.1. The molecule has 2 aromatic rings. The van der Waals surface area contributed by atoms with Gasteiger partial charge in [0.15, 0.2) is 0 Å². The number of aromatic nitrogens is 2. The Balaban J connectivity index is 0.000000845. The van der Waals surface area contributed by atoms with Crippen molar-refractivity contribution in [3.63, 3.8) is 0 Å². The van der Waals surface area contributed by atoms with Gasteiger partial charge in [0, 0.05) is 44.0 Å². The third-order valence-electron chi connectivity index (χ3n) is 1.77. The van der Waals surface area contributed by atoms with Crippen LogP contribution in [-0.2, 0) is 39.1 Å². The van der Waals surface area contributed by atoms with Crippen molar-refractivity contribution in [2.45, 2.75) is 13.3 Å². The molecule has 0 aliphatic rings. The van der Waals surface area contributed by atoms with Crippen molar-refractivity contribution in [2.75, 3.05) is 0 Å². The van der Waals surface area contributed by atoms with Crippen molar-refractivity contribution in [3.8, 4) is 0 Å². The molecular weight excluding hydrogens is 257 g/mol. The monoisotopic (exact) mass is 266 g/mol. The Hall–Kier alpha value is 0.0139. The summed E-state index contributed by atoms with van der Waals surface area (Å²) >= 11 is 1.64. The summed E-state index contributed by atoms with van der Waals surface area (Å²) < 4.78 is 0. The maximum atomic E-state index is 4.38. The maximum Gasteiger partial charge on any atom is 0.124 e. The Morgan fingerprint density at radius 2 is 2.23 bits per heavy atom. The number of fused-ring (bicyclic) bond motifs is 1. The predicted octanol–water partition coefficient (Wildman–Crippen LogP) is 2.43. The van der Waals surface area contributed by atoms with Gasteiger partial charge < -0.3 is 0 Å². The molecule has 0 N–H and O–H groups in total. The third-order valence-corrected chi connectivity index (χ3v) is 2.57. The predicted molar refractivity (Wildman–Crippen MR) is 51.3 cm³/mol. The van der Waals surface area contributed by atoms with Gasteiger partial charge in [-0.3, -0.25) is 4.98 Å². The molecule has 0 bridgehead atoms. The summed E-state index contributed by atoms with van der Waals surface area (Å²) in [4.78, 5) is 9.71. The van der Waals surface area contributed by atoms with Gasteiger partial charge in [-0.05, 0) is 5.38 Å². The normalized spacial score (nSPS) is 9.92. The molecule has 0 aromatic carbocycles. The van der Waals surface area contributed by atoms with Gasteiger partial charge in [-0.2, -0.15) is 0 Å². The van der Waals surface area contributed by atoms with Crippen LogP contribution in [0.1, 0.15) is 18.4 Å². The Labute approximate surface area is 107 Å². The van der Waals surface area contributed by atoms with E-state index in [1.165, 1.54) is 0 Å². The minimum Gasteiger partial charge on any atom is -0.272 e. The SMILES string of the molecule is [CH2-]c1nc(CC)nc2sccc12.[Y]. The van der Waals surface area contributed by atoms with E-state index in [9.17, 15) is 0 Å². The summed E-state index contributed by atoms with van der Waals surface area (Å²) in [5, 5.41) is 3.10. The van der Waals surface area contributed by atoms with Crippen molar-refractivity contribution < 1.29 is 32.7 Å². The molecule has 13 heavy (non-hydrogen) atoms. The van der Waals surface area contributed by atoms with Crippen LogP contribution in [0.3, 0.4) is 0 Å². The topological polar surface area (TPSA) is 25.8 Å². The largest absolute Gasteiger partial charge is 0.272 e. The van der Waals surface area contributed by atoms with Crippen LogP contribution in [0, 0.1) is 6.92 Å². The molecule has 0 aliphatic heterocycles. The van der Waals surface area contributed by atoms with Crippen molar-refractivity contribution in [3.05, 3.63) is 29.9 Å². The molecule has 0 saturated carbocycles. The van der Waals surface area contributed by atoms with Gasteiger partial charge in [-0.25, -0.2) is 11.9 Å². The first kappa shape index (κ1) is 11.1. The Morgan fingerprint density at radius 1 is 1.46 bits per heavy atom. The van der Waals surface area contributed by atoms with E-state index >= 15 is 0 Å². The Bertz CT molecular complexity index is 411. The number of rotatable bonds is 1. The molecule has 0 amide bonds. The van der Waals surface area contributed by atoms with Crippen LogP contribution in [0.5, 0.6) is 0 Å². The minimum absolute atomic E-state index is 0. The van der Waals surface area contributed by atoms with Gasteiger partial charge in [0.2, 0.25) is 0 Å². The van der Waals surface area contributed by atoms with E-state index in [1.807, 2.05) is 18.4 Å². The zero-order valence-electron chi connectivity index (χ0n) is 7.45. The van der Waals surface area contributed by atoms with E-state index in [0.29, 0.717) is 0 Å². The van der Waals surface area contributed by atoms with E-state index in [1.54, 1.807) is 11.3 Å². The summed E-state index contributed by atoms with van der Waals surface area (Å²) in [5.41, 5.74) is 0.845. The maximum absolute atomic E-state index is 4.38. The van der Waals surface area contributed by atoms with Gasteiger partial charge in [0.05, 0.1) is 0 Å². The molecule has 0 unspecified atom stereocenters. The number of aryl methyl sites for hydroxylation is 1. The first-order chi connectivity index (χ1) is 5.81. The van der Waals surface area contributed by atoms with Crippen LogP contribution < -0.4 is 0 Å².